The Bertz CT molecular complexity index is 791. The monoisotopic (exact) mass is 363 g/mol. The van der Waals surface area contributed by atoms with Gasteiger partial charge in [-0.25, -0.2) is 14.4 Å². The number of nitrogens with one attached hydrogen (secondary N) is 1. The van der Waals surface area contributed by atoms with Crippen LogP contribution >= 0.6 is 0 Å². The number of benzene rings is 1. The Morgan fingerprint density at radius 1 is 1.15 bits per heavy atom. The maximum atomic E-state index is 12.2. The highest BCUT2D eigenvalue weighted by Gasteiger charge is 2.22. The molecule has 0 atom stereocenters. The van der Waals surface area contributed by atoms with Crippen LogP contribution in [-0.4, -0.2) is 56.2 Å². The first-order valence-corrected chi connectivity index (χ1v) is 8.81. The lowest BCUT2D eigenvalue weighted by atomic mass is 10.0. The summed E-state index contributed by atoms with van der Waals surface area (Å²) < 4.78 is 1.96. The van der Waals surface area contributed by atoms with Crippen LogP contribution in [-0.2, 0) is 9.59 Å². The number of hydrogen-bond donors (Lipinski definition) is 3. The molecule has 8 nitrogen and oxygen atoms in total. The number of likely N-dealkylation sites (tertiary alicyclic amines) is 1. The third-order valence-electron chi connectivity index (χ3n) is 4.56. The van der Waals surface area contributed by atoms with Crippen LogP contribution in [0, 0.1) is 0 Å². The molecule has 1 aromatic carbocycles. The van der Waals surface area contributed by atoms with E-state index in [0.29, 0.717) is 6.04 Å². The van der Waals surface area contributed by atoms with Crippen molar-refractivity contribution in [1.82, 2.24) is 14.5 Å². The van der Waals surface area contributed by atoms with Gasteiger partial charge in [-0.2, -0.15) is 0 Å². The highest BCUT2D eigenvalue weighted by Crippen LogP contribution is 2.24. The molecule has 1 aliphatic heterocycles. The van der Waals surface area contributed by atoms with Gasteiger partial charge in [0.15, 0.2) is 0 Å². The molecule has 0 bridgehead atoms. The van der Waals surface area contributed by atoms with E-state index in [9.17, 15) is 4.79 Å². The normalized spacial score (nSPS) is 15.4. The molecule has 8 heteroatoms. The second-order valence-corrected chi connectivity index (χ2v) is 6.35. The lowest BCUT2D eigenvalue weighted by Crippen LogP contribution is -2.37. The molecule has 1 aromatic heterocycles. The maximum Gasteiger partial charge on any atom is 0.414 e. The molecule has 0 unspecified atom stereocenters. The number of aliphatic carboxylic acids is 2. The van der Waals surface area contributed by atoms with E-state index in [1.807, 2.05) is 28.8 Å². The SMILES string of the molecule is CCCCN1CCC(n2c(=O)[nH]c3ccccc32)CC1.O=C(O)C(=O)O. The van der Waals surface area contributed by atoms with Crippen molar-refractivity contribution in [3.63, 3.8) is 0 Å². The van der Waals surface area contributed by atoms with Crippen molar-refractivity contribution < 1.29 is 19.8 Å². The number of carboxylic acids is 2. The number of carbonyl (C=O) groups is 2. The minimum atomic E-state index is -1.82. The number of H-pyrrole nitrogens is 1. The molecule has 3 rings (SSSR count). The molecule has 1 saturated heterocycles. The van der Waals surface area contributed by atoms with Crippen LogP contribution in [0.15, 0.2) is 29.1 Å². The van der Waals surface area contributed by atoms with Gasteiger partial charge in [0.25, 0.3) is 0 Å². The summed E-state index contributed by atoms with van der Waals surface area (Å²) in [5.41, 5.74) is 2.04. The van der Waals surface area contributed by atoms with Gasteiger partial charge in [0.1, 0.15) is 0 Å². The number of fused-ring (bicyclic) bond motifs is 1. The summed E-state index contributed by atoms with van der Waals surface area (Å²) in [7, 11) is 0. The molecule has 1 aliphatic rings. The van der Waals surface area contributed by atoms with Crippen LogP contribution in [0.2, 0.25) is 0 Å². The van der Waals surface area contributed by atoms with Gasteiger partial charge in [0, 0.05) is 19.1 Å². The van der Waals surface area contributed by atoms with Gasteiger partial charge in [0.2, 0.25) is 0 Å². The third kappa shape index (κ3) is 4.95. The number of nitrogens with zero attached hydrogens (tertiary/aromatic N) is 2. The molecular weight excluding hydrogens is 338 g/mol. The molecule has 3 N–H and O–H groups in total. The summed E-state index contributed by atoms with van der Waals surface area (Å²) >= 11 is 0. The van der Waals surface area contributed by atoms with Crippen molar-refractivity contribution in [1.29, 1.82) is 0 Å². The van der Waals surface area contributed by atoms with Crippen LogP contribution in [0.5, 0.6) is 0 Å². The van der Waals surface area contributed by atoms with E-state index in [-0.39, 0.29) is 5.69 Å². The fraction of sp³-hybridized carbons (Fsp3) is 0.500. The van der Waals surface area contributed by atoms with Gasteiger partial charge < -0.3 is 20.1 Å². The largest absolute Gasteiger partial charge is 0.473 e. The second kappa shape index (κ2) is 9.19. The zero-order valence-corrected chi connectivity index (χ0v) is 14.9. The molecule has 142 valence electrons. The Morgan fingerprint density at radius 2 is 1.77 bits per heavy atom. The summed E-state index contributed by atoms with van der Waals surface area (Å²) in [5, 5.41) is 14.8. The maximum absolute atomic E-state index is 12.2. The Balaban J connectivity index is 0.000000352. The number of hydrogen-bond acceptors (Lipinski definition) is 4. The first kappa shape index (κ1) is 19.7. The Kier molecular flexibility index (Phi) is 6.97. The fourth-order valence-electron chi connectivity index (χ4n) is 3.22. The average Bonchev–Trinajstić information content (AvgIpc) is 2.96. The van der Waals surface area contributed by atoms with Crippen molar-refractivity contribution in [2.24, 2.45) is 0 Å². The highest BCUT2D eigenvalue weighted by molar-refractivity contribution is 6.27. The molecule has 0 saturated carbocycles. The Labute approximate surface area is 151 Å². The first-order chi connectivity index (χ1) is 12.4. The number of aromatic nitrogens is 2. The highest BCUT2D eigenvalue weighted by atomic mass is 16.4. The zero-order chi connectivity index (χ0) is 19.1. The number of rotatable bonds is 4. The van der Waals surface area contributed by atoms with Crippen molar-refractivity contribution in [3.05, 3.63) is 34.7 Å². The quantitative estimate of drug-likeness (QED) is 0.715. The molecule has 2 aromatic rings. The van der Waals surface area contributed by atoms with Gasteiger partial charge >= 0.3 is 17.6 Å². The van der Waals surface area contributed by atoms with E-state index in [1.54, 1.807) is 0 Å². The van der Waals surface area contributed by atoms with Gasteiger partial charge in [-0.05, 0) is 37.9 Å². The van der Waals surface area contributed by atoms with Gasteiger partial charge in [-0.3, -0.25) is 4.57 Å². The molecular formula is C18H25N3O5. The lowest BCUT2D eigenvalue weighted by Gasteiger charge is -2.32. The number of piperidine rings is 1. The van der Waals surface area contributed by atoms with E-state index in [4.69, 9.17) is 19.8 Å². The van der Waals surface area contributed by atoms with E-state index >= 15 is 0 Å². The second-order valence-electron chi connectivity index (χ2n) is 6.35. The van der Waals surface area contributed by atoms with E-state index in [2.05, 4.69) is 16.8 Å². The number of unbranched alkanes of at least 4 members (excludes halogenated alkanes) is 1. The molecule has 0 aliphatic carbocycles. The summed E-state index contributed by atoms with van der Waals surface area (Å²) in [4.78, 5) is 35.9. The molecule has 0 spiro atoms. The zero-order valence-electron chi connectivity index (χ0n) is 14.9. The minimum Gasteiger partial charge on any atom is -0.473 e. The molecule has 1 fully saturated rings. The predicted molar refractivity (Wildman–Crippen MR) is 97.4 cm³/mol. The first-order valence-electron chi connectivity index (χ1n) is 8.81. The molecule has 2 heterocycles. The van der Waals surface area contributed by atoms with Crippen molar-refractivity contribution >= 4 is 23.0 Å². The average molecular weight is 363 g/mol. The number of imidazole rings is 1. The summed E-state index contributed by atoms with van der Waals surface area (Å²) in [6, 6.07) is 8.33. The van der Waals surface area contributed by atoms with Gasteiger partial charge in [0.05, 0.1) is 11.0 Å². The van der Waals surface area contributed by atoms with Crippen molar-refractivity contribution in [3.8, 4) is 0 Å². The van der Waals surface area contributed by atoms with Crippen LogP contribution in [0.25, 0.3) is 11.0 Å². The smallest absolute Gasteiger partial charge is 0.414 e. The summed E-state index contributed by atoms with van der Waals surface area (Å²) in [5.74, 6) is -3.65. The van der Waals surface area contributed by atoms with Crippen LogP contribution in [0.3, 0.4) is 0 Å². The lowest BCUT2D eigenvalue weighted by molar-refractivity contribution is -0.159. The standard InChI is InChI=1S/C16H23N3O.C2H2O4/c1-2-3-10-18-11-8-13(9-12-18)19-15-7-5-4-6-14(15)17-16(19)20;3-1(4)2(5)6/h4-7,13H,2-3,8-12H2,1H3,(H,17,20);(H,3,4)(H,5,6). The van der Waals surface area contributed by atoms with Crippen molar-refractivity contribution in [2.45, 2.75) is 38.6 Å². The third-order valence-corrected chi connectivity index (χ3v) is 4.56. The molecule has 0 radical (unpaired) electrons. The molecule has 26 heavy (non-hydrogen) atoms. The fourth-order valence-corrected chi connectivity index (χ4v) is 3.22. The Morgan fingerprint density at radius 3 is 2.35 bits per heavy atom. The summed E-state index contributed by atoms with van der Waals surface area (Å²) in [6.07, 6.45) is 4.68. The minimum absolute atomic E-state index is 0.0400. The van der Waals surface area contributed by atoms with Crippen LogP contribution in [0.1, 0.15) is 38.6 Å². The summed E-state index contributed by atoms with van der Waals surface area (Å²) in [6.45, 7) is 5.65. The number of para-hydroxylation sites is 2. The number of aromatic amines is 1. The van der Waals surface area contributed by atoms with Crippen molar-refractivity contribution in [2.75, 3.05) is 19.6 Å². The Hall–Kier alpha value is -2.61. The van der Waals surface area contributed by atoms with E-state index < -0.39 is 11.9 Å². The topological polar surface area (TPSA) is 116 Å². The van der Waals surface area contributed by atoms with Gasteiger partial charge in [-0.15, -0.1) is 0 Å². The molecule has 0 amide bonds. The van der Waals surface area contributed by atoms with Gasteiger partial charge in [-0.1, -0.05) is 25.5 Å². The van der Waals surface area contributed by atoms with Crippen LogP contribution in [0.4, 0.5) is 0 Å². The van der Waals surface area contributed by atoms with Crippen LogP contribution < -0.4 is 5.69 Å². The predicted octanol–water partition coefficient (Wildman–Crippen LogP) is 1.92. The van der Waals surface area contributed by atoms with E-state index in [0.717, 1.165) is 37.0 Å². The number of carboxylic acid groups (broad SMARTS) is 2. The van der Waals surface area contributed by atoms with E-state index in [1.165, 1.54) is 19.4 Å².